The van der Waals surface area contributed by atoms with Crippen LogP contribution < -0.4 is 15.6 Å². The van der Waals surface area contributed by atoms with E-state index < -0.39 is 45.9 Å². The van der Waals surface area contributed by atoms with Gasteiger partial charge in [-0.1, -0.05) is 6.07 Å². The van der Waals surface area contributed by atoms with Crippen LogP contribution in [0.3, 0.4) is 0 Å². The van der Waals surface area contributed by atoms with Crippen LogP contribution in [0.25, 0.3) is 11.4 Å². The van der Waals surface area contributed by atoms with E-state index in [0.717, 1.165) is 23.8 Å². The van der Waals surface area contributed by atoms with E-state index in [9.17, 15) is 23.5 Å². The number of H-pyrrole nitrogens is 1. The maximum atomic E-state index is 14.0. The third-order valence-corrected chi connectivity index (χ3v) is 4.08. The number of hydrogen-bond acceptors (Lipinski definition) is 6. The van der Waals surface area contributed by atoms with Crippen molar-refractivity contribution in [2.45, 2.75) is 6.42 Å². The monoisotopic (exact) mass is 402 g/mol. The first kappa shape index (κ1) is 19.9. The zero-order valence-electron chi connectivity index (χ0n) is 15.2. The average Bonchev–Trinajstić information content (AvgIpc) is 2.70. The predicted octanol–water partition coefficient (Wildman–Crippen LogP) is 1.80. The first-order chi connectivity index (χ1) is 13.9. The van der Waals surface area contributed by atoms with Gasteiger partial charge in [0.25, 0.3) is 11.5 Å². The van der Waals surface area contributed by atoms with Crippen molar-refractivity contribution in [2.75, 3.05) is 13.7 Å². The third kappa shape index (κ3) is 4.21. The number of aromatic amines is 1. The SMILES string of the molecule is COc1cnccc1CCNC(=O)c1nc(-c2c(F)cccc2F)[nH]c(=O)c1O. The average molecular weight is 402 g/mol. The molecule has 0 saturated heterocycles. The van der Waals surface area contributed by atoms with Gasteiger partial charge >= 0.3 is 0 Å². The Morgan fingerprint density at radius 3 is 2.69 bits per heavy atom. The number of benzene rings is 1. The van der Waals surface area contributed by atoms with Gasteiger partial charge in [-0.2, -0.15) is 0 Å². The van der Waals surface area contributed by atoms with Crippen LogP contribution in [0.15, 0.2) is 41.5 Å². The molecule has 0 saturated carbocycles. The van der Waals surface area contributed by atoms with Crippen molar-refractivity contribution in [3.63, 3.8) is 0 Å². The molecular formula is C19H16F2N4O4. The molecule has 3 rings (SSSR count). The molecule has 0 radical (unpaired) electrons. The maximum Gasteiger partial charge on any atom is 0.294 e. The van der Waals surface area contributed by atoms with E-state index in [2.05, 4.69) is 20.3 Å². The number of nitrogens with one attached hydrogen (secondary N) is 2. The van der Waals surface area contributed by atoms with Crippen LogP contribution in [-0.2, 0) is 6.42 Å². The van der Waals surface area contributed by atoms with E-state index in [-0.39, 0.29) is 6.54 Å². The van der Waals surface area contributed by atoms with Gasteiger partial charge in [-0.3, -0.25) is 14.6 Å². The zero-order chi connectivity index (χ0) is 21.0. The normalized spacial score (nSPS) is 10.6. The molecule has 1 aromatic carbocycles. The number of ether oxygens (including phenoxy) is 1. The summed E-state index contributed by atoms with van der Waals surface area (Å²) in [5, 5.41) is 12.4. The number of carbonyl (C=O) groups excluding carboxylic acids is 1. The molecule has 0 bridgehead atoms. The lowest BCUT2D eigenvalue weighted by Gasteiger charge is -2.10. The topological polar surface area (TPSA) is 117 Å². The maximum absolute atomic E-state index is 14.0. The molecule has 0 spiro atoms. The largest absolute Gasteiger partial charge is 0.501 e. The molecule has 3 aromatic rings. The Hall–Kier alpha value is -3.82. The second kappa shape index (κ2) is 8.46. The number of aromatic nitrogens is 3. The van der Waals surface area contributed by atoms with E-state index in [0.29, 0.717) is 12.2 Å². The van der Waals surface area contributed by atoms with Gasteiger partial charge in [-0.25, -0.2) is 13.8 Å². The molecule has 150 valence electrons. The molecule has 1 amide bonds. The summed E-state index contributed by atoms with van der Waals surface area (Å²) in [5.74, 6) is -3.75. The standard InChI is InChI=1S/C19H16F2N4O4/c1-29-13-9-22-7-5-10(13)6-8-23-18(27)15-16(26)19(28)25-17(24-15)14-11(20)3-2-4-12(14)21/h2-5,7,9,26H,6,8H2,1H3,(H,23,27)(H,24,25,28). The fourth-order valence-electron chi connectivity index (χ4n) is 2.66. The highest BCUT2D eigenvalue weighted by Crippen LogP contribution is 2.23. The summed E-state index contributed by atoms with van der Waals surface area (Å²) in [7, 11) is 1.49. The summed E-state index contributed by atoms with van der Waals surface area (Å²) in [5.41, 5.74) is -1.58. The molecule has 2 aromatic heterocycles. The summed E-state index contributed by atoms with van der Waals surface area (Å²) in [6.45, 7) is 0.122. The van der Waals surface area contributed by atoms with Gasteiger partial charge in [0.15, 0.2) is 5.69 Å². The Labute approximate surface area is 163 Å². The number of rotatable bonds is 6. The molecule has 0 unspecified atom stereocenters. The first-order valence-electron chi connectivity index (χ1n) is 8.45. The van der Waals surface area contributed by atoms with Crippen molar-refractivity contribution in [1.29, 1.82) is 0 Å². The lowest BCUT2D eigenvalue weighted by atomic mass is 10.1. The number of carbonyl (C=O) groups is 1. The van der Waals surface area contributed by atoms with Gasteiger partial charge in [0.2, 0.25) is 5.75 Å². The molecule has 0 atom stereocenters. The molecule has 0 fully saturated rings. The molecule has 2 heterocycles. The first-order valence-corrected chi connectivity index (χ1v) is 8.45. The smallest absolute Gasteiger partial charge is 0.294 e. The van der Waals surface area contributed by atoms with Crippen LogP contribution in [-0.4, -0.2) is 39.6 Å². The predicted molar refractivity (Wildman–Crippen MR) is 98.7 cm³/mol. The second-order valence-electron chi connectivity index (χ2n) is 5.90. The molecule has 29 heavy (non-hydrogen) atoms. The quantitative estimate of drug-likeness (QED) is 0.579. The van der Waals surface area contributed by atoms with Gasteiger partial charge in [-0.05, 0) is 30.2 Å². The molecular weight excluding hydrogens is 386 g/mol. The second-order valence-corrected chi connectivity index (χ2v) is 5.90. The fourth-order valence-corrected chi connectivity index (χ4v) is 2.66. The lowest BCUT2D eigenvalue weighted by molar-refractivity contribution is 0.0945. The fraction of sp³-hybridized carbons (Fsp3) is 0.158. The molecule has 3 N–H and O–H groups in total. The van der Waals surface area contributed by atoms with E-state index in [4.69, 9.17) is 4.74 Å². The van der Waals surface area contributed by atoms with E-state index in [1.54, 1.807) is 12.3 Å². The van der Waals surface area contributed by atoms with Crippen molar-refractivity contribution in [3.05, 3.63) is 69.9 Å². The summed E-state index contributed by atoms with van der Waals surface area (Å²) < 4.78 is 33.1. The van der Waals surface area contributed by atoms with Crippen LogP contribution in [0, 0.1) is 11.6 Å². The number of methoxy groups -OCH3 is 1. The van der Waals surface area contributed by atoms with Crippen LogP contribution in [0.4, 0.5) is 8.78 Å². The Kier molecular flexibility index (Phi) is 5.82. The Morgan fingerprint density at radius 1 is 1.28 bits per heavy atom. The third-order valence-electron chi connectivity index (χ3n) is 4.08. The lowest BCUT2D eigenvalue weighted by Crippen LogP contribution is -2.29. The van der Waals surface area contributed by atoms with Crippen LogP contribution >= 0.6 is 0 Å². The van der Waals surface area contributed by atoms with Crippen molar-refractivity contribution < 1.29 is 23.4 Å². The van der Waals surface area contributed by atoms with Gasteiger partial charge < -0.3 is 20.1 Å². The summed E-state index contributed by atoms with van der Waals surface area (Å²) in [6, 6.07) is 4.82. The number of halogens is 2. The highest BCUT2D eigenvalue weighted by Gasteiger charge is 2.21. The number of nitrogens with zero attached hydrogens (tertiary/aromatic N) is 2. The van der Waals surface area contributed by atoms with E-state index >= 15 is 0 Å². The number of amides is 1. The summed E-state index contributed by atoms with van der Waals surface area (Å²) >= 11 is 0. The van der Waals surface area contributed by atoms with Crippen LogP contribution in [0.2, 0.25) is 0 Å². The highest BCUT2D eigenvalue weighted by atomic mass is 19.1. The van der Waals surface area contributed by atoms with E-state index in [1.807, 2.05) is 0 Å². The van der Waals surface area contributed by atoms with Gasteiger partial charge in [-0.15, -0.1) is 0 Å². The van der Waals surface area contributed by atoms with Gasteiger partial charge in [0.05, 0.1) is 18.9 Å². The highest BCUT2D eigenvalue weighted by molar-refractivity contribution is 5.95. The zero-order valence-corrected chi connectivity index (χ0v) is 15.2. The minimum absolute atomic E-state index is 0.122. The minimum atomic E-state index is -1.10. The number of aromatic hydroxyl groups is 1. The Balaban J connectivity index is 1.84. The molecule has 10 heteroatoms. The minimum Gasteiger partial charge on any atom is -0.501 e. The van der Waals surface area contributed by atoms with Crippen LogP contribution in [0.5, 0.6) is 11.5 Å². The van der Waals surface area contributed by atoms with Crippen molar-refractivity contribution in [1.82, 2.24) is 20.3 Å². The van der Waals surface area contributed by atoms with Gasteiger partial charge in [0.1, 0.15) is 23.2 Å². The van der Waals surface area contributed by atoms with Crippen LogP contribution in [0.1, 0.15) is 16.1 Å². The summed E-state index contributed by atoms with van der Waals surface area (Å²) in [6.07, 6.45) is 3.46. The molecule has 0 aliphatic heterocycles. The Bertz CT molecular complexity index is 1100. The van der Waals surface area contributed by atoms with E-state index in [1.165, 1.54) is 13.3 Å². The Morgan fingerprint density at radius 2 is 2.00 bits per heavy atom. The summed E-state index contributed by atoms with van der Waals surface area (Å²) in [4.78, 5) is 34.1. The van der Waals surface area contributed by atoms with Crippen molar-refractivity contribution in [2.24, 2.45) is 0 Å². The number of hydrogen-bond donors (Lipinski definition) is 3. The van der Waals surface area contributed by atoms with Crippen molar-refractivity contribution in [3.8, 4) is 22.9 Å². The van der Waals surface area contributed by atoms with Gasteiger partial charge in [0, 0.05) is 12.7 Å². The number of pyridine rings is 1. The molecule has 0 aliphatic rings. The molecule has 8 nitrogen and oxygen atoms in total. The van der Waals surface area contributed by atoms with Crippen molar-refractivity contribution >= 4 is 5.91 Å². The molecule has 0 aliphatic carbocycles.